The van der Waals surface area contributed by atoms with Crippen molar-refractivity contribution in [1.82, 2.24) is 4.31 Å². The summed E-state index contributed by atoms with van der Waals surface area (Å²) in [4.78, 5) is 12.9. The van der Waals surface area contributed by atoms with E-state index in [-0.39, 0.29) is 23.9 Å². The Bertz CT molecular complexity index is 1280. The zero-order valence-corrected chi connectivity index (χ0v) is 18.7. The van der Waals surface area contributed by atoms with Crippen LogP contribution in [-0.2, 0) is 20.2 Å². The maximum Gasteiger partial charge on any atom is 0.243 e. The van der Waals surface area contributed by atoms with Crippen molar-refractivity contribution < 1.29 is 17.9 Å². The van der Waals surface area contributed by atoms with Crippen LogP contribution in [0.2, 0.25) is 5.02 Å². The number of nitrogens with zero attached hydrogens (tertiary/aromatic N) is 1. The Morgan fingerprint density at radius 1 is 0.906 bits per heavy atom. The van der Waals surface area contributed by atoms with Crippen molar-refractivity contribution in [3.63, 3.8) is 0 Å². The number of nitrogens with one attached hydrogen (secondary N) is 1. The van der Waals surface area contributed by atoms with Crippen LogP contribution in [0, 0.1) is 0 Å². The van der Waals surface area contributed by atoms with Gasteiger partial charge in [0.2, 0.25) is 15.9 Å². The lowest BCUT2D eigenvalue weighted by Crippen LogP contribution is -2.48. The summed E-state index contributed by atoms with van der Waals surface area (Å²) in [6.07, 6.45) is 0.894. The predicted octanol–water partition coefficient (Wildman–Crippen LogP) is 4.81. The van der Waals surface area contributed by atoms with Gasteiger partial charge in [-0.15, -0.1) is 0 Å². The fourth-order valence-corrected chi connectivity index (χ4v) is 6.08. The fraction of sp³-hybridized carbons (Fsp3) is 0.208. The van der Waals surface area contributed by atoms with Gasteiger partial charge in [-0.25, -0.2) is 8.42 Å². The van der Waals surface area contributed by atoms with E-state index in [1.165, 1.54) is 16.4 Å². The highest BCUT2D eigenvalue weighted by atomic mass is 35.5. The lowest BCUT2D eigenvalue weighted by atomic mass is 9.74. The molecule has 3 aromatic rings. The lowest BCUT2D eigenvalue weighted by Gasteiger charge is -2.37. The highest BCUT2D eigenvalue weighted by molar-refractivity contribution is 7.89. The Hall–Kier alpha value is -2.87. The first-order valence-electron chi connectivity index (χ1n) is 10.3. The molecule has 2 aliphatic rings. The number of hydrogen-bond donors (Lipinski definition) is 1. The smallest absolute Gasteiger partial charge is 0.243 e. The van der Waals surface area contributed by atoms with Crippen molar-refractivity contribution in [3.05, 3.63) is 83.4 Å². The number of ether oxygens (including phenoxy) is 1. The third-order valence-corrected chi connectivity index (χ3v) is 8.45. The average Bonchev–Trinajstić information content (AvgIpc) is 3.07. The minimum absolute atomic E-state index is 0.0446. The number of carbonyl (C=O) groups is 1. The summed E-state index contributed by atoms with van der Waals surface area (Å²) in [5.74, 6) is 0.951. The molecule has 1 saturated heterocycles. The van der Waals surface area contributed by atoms with Crippen molar-refractivity contribution in [2.75, 3.05) is 18.4 Å². The molecule has 164 valence electrons. The first kappa shape index (κ1) is 21.0. The molecule has 0 radical (unpaired) electrons. The third kappa shape index (κ3) is 3.46. The van der Waals surface area contributed by atoms with E-state index in [0.717, 1.165) is 11.3 Å². The third-order valence-electron chi connectivity index (χ3n) is 6.23. The predicted molar refractivity (Wildman–Crippen MR) is 123 cm³/mol. The number of fused-ring (bicyclic) bond motifs is 2. The van der Waals surface area contributed by atoms with E-state index < -0.39 is 15.4 Å². The summed E-state index contributed by atoms with van der Waals surface area (Å²) in [6.45, 7) is 0.559. The number of anilines is 1. The Balaban J connectivity index is 1.32. The molecule has 2 aliphatic heterocycles. The summed E-state index contributed by atoms with van der Waals surface area (Å²) in [5.41, 5.74) is 1.13. The van der Waals surface area contributed by atoms with E-state index in [1.54, 1.807) is 30.3 Å². The first-order valence-corrected chi connectivity index (χ1v) is 12.2. The Morgan fingerprint density at radius 3 is 2.28 bits per heavy atom. The molecule has 0 atom stereocenters. The van der Waals surface area contributed by atoms with Crippen molar-refractivity contribution >= 4 is 33.2 Å². The van der Waals surface area contributed by atoms with Gasteiger partial charge in [-0.3, -0.25) is 4.79 Å². The number of para-hydroxylation sites is 2. The molecule has 1 N–H and O–H groups in total. The molecule has 5 rings (SSSR count). The minimum atomic E-state index is -3.68. The summed E-state index contributed by atoms with van der Waals surface area (Å²) >= 11 is 6.12. The molecule has 0 aliphatic carbocycles. The zero-order chi connectivity index (χ0) is 22.3. The second-order valence-electron chi connectivity index (χ2n) is 7.99. The molecule has 0 unspecified atom stereocenters. The van der Waals surface area contributed by atoms with Gasteiger partial charge in [-0.2, -0.15) is 4.31 Å². The summed E-state index contributed by atoms with van der Waals surface area (Å²) in [6, 6.07) is 21.0. The van der Waals surface area contributed by atoms with Gasteiger partial charge in [0.05, 0.1) is 15.3 Å². The van der Waals surface area contributed by atoms with Crippen LogP contribution >= 0.6 is 11.6 Å². The van der Waals surface area contributed by atoms with Gasteiger partial charge in [0.25, 0.3) is 0 Å². The highest BCUT2D eigenvalue weighted by Gasteiger charge is 2.49. The van der Waals surface area contributed by atoms with E-state index in [4.69, 9.17) is 16.3 Å². The van der Waals surface area contributed by atoms with Gasteiger partial charge in [-0.05, 0) is 60.9 Å². The Morgan fingerprint density at radius 2 is 1.56 bits per heavy atom. The average molecular weight is 469 g/mol. The van der Waals surface area contributed by atoms with E-state index in [1.807, 2.05) is 30.3 Å². The fourth-order valence-electron chi connectivity index (χ4n) is 4.46. The molecule has 8 heteroatoms. The molecule has 6 nitrogen and oxygen atoms in total. The number of amides is 1. The molecule has 0 aromatic heterocycles. The molecule has 0 saturated carbocycles. The second kappa shape index (κ2) is 7.92. The number of halogens is 1. The van der Waals surface area contributed by atoms with Crippen LogP contribution in [0.15, 0.2) is 77.7 Å². The van der Waals surface area contributed by atoms with Gasteiger partial charge < -0.3 is 10.1 Å². The van der Waals surface area contributed by atoms with Crippen LogP contribution in [0.1, 0.15) is 18.4 Å². The number of hydrogen-bond acceptors (Lipinski definition) is 4. The molecule has 0 bridgehead atoms. The van der Waals surface area contributed by atoms with E-state index >= 15 is 0 Å². The number of rotatable bonds is 4. The molecule has 3 aromatic carbocycles. The van der Waals surface area contributed by atoms with Gasteiger partial charge in [0.1, 0.15) is 11.5 Å². The number of carbonyl (C=O) groups excluding carboxylic acids is 1. The van der Waals surface area contributed by atoms with Crippen LogP contribution in [0.5, 0.6) is 11.5 Å². The minimum Gasteiger partial charge on any atom is -0.456 e. The maximum atomic E-state index is 13.2. The van der Waals surface area contributed by atoms with Gasteiger partial charge in [-0.1, -0.05) is 41.9 Å². The van der Waals surface area contributed by atoms with Crippen LogP contribution in [0.3, 0.4) is 0 Å². The first-order chi connectivity index (χ1) is 15.4. The molecule has 1 fully saturated rings. The molecular weight excluding hydrogens is 448 g/mol. The Labute approximate surface area is 191 Å². The topological polar surface area (TPSA) is 75.7 Å². The van der Waals surface area contributed by atoms with Gasteiger partial charge >= 0.3 is 0 Å². The molecule has 2 heterocycles. The monoisotopic (exact) mass is 468 g/mol. The van der Waals surface area contributed by atoms with Crippen LogP contribution in [0.25, 0.3) is 0 Å². The normalized spacial score (nSPS) is 17.7. The maximum absolute atomic E-state index is 13.2. The van der Waals surface area contributed by atoms with Gasteiger partial charge in [0.15, 0.2) is 0 Å². The molecule has 1 spiro atoms. The number of benzene rings is 3. The van der Waals surface area contributed by atoms with E-state index in [2.05, 4.69) is 5.32 Å². The highest BCUT2D eigenvalue weighted by Crippen LogP contribution is 2.45. The molecule has 32 heavy (non-hydrogen) atoms. The van der Waals surface area contributed by atoms with E-state index in [0.29, 0.717) is 29.4 Å². The summed E-state index contributed by atoms with van der Waals surface area (Å²) in [7, 11) is -3.68. The van der Waals surface area contributed by atoms with Crippen LogP contribution in [-0.4, -0.2) is 31.7 Å². The van der Waals surface area contributed by atoms with Crippen LogP contribution in [0.4, 0.5) is 5.69 Å². The zero-order valence-electron chi connectivity index (χ0n) is 17.1. The second-order valence-corrected chi connectivity index (χ2v) is 10.3. The molecular formula is C24H21ClN2O4S. The van der Waals surface area contributed by atoms with Gasteiger partial charge in [0, 0.05) is 18.8 Å². The lowest BCUT2D eigenvalue weighted by molar-refractivity contribution is -0.122. The van der Waals surface area contributed by atoms with Crippen LogP contribution < -0.4 is 10.1 Å². The molecule has 1 amide bonds. The quantitative estimate of drug-likeness (QED) is 0.596. The van der Waals surface area contributed by atoms with E-state index in [9.17, 15) is 13.2 Å². The summed E-state index contributed by atoms with van der Waals surface area (Å²) < 4.78 is 33.6. The van der Waals surface area contributed by atoms with Crippen molar-refractivity contribution in [3.8, 4) is 11.5 Å². The standard InChI is InChI=1S/C24H21ClN2O4S/c25-20-6-2-4-8-22(20)31-17-9-11-18(12-10-17)32(29,30)27-15-13-24(14-16-27)19-5-1-3-7-21(19)26-23(24)28/h1-12H,13-16H2,(H,26,28). The number of sulfonamides is 1. The SMILES string of the molecule is O=C1Nc2ccccc2C12CCN(S(=O)(=O)c1ccc(Oc3ccccc3Cl)cc1)CC2. The van der Waals surface area contributed by atoms with Crippen molar-refractivity contribution in [2.45, 2.75) is 23.2 Å². The van der Waals surface area contributed by atoms with Crippen molar-refractivity contribution in [1.29, 1.82) is 0 Å². The Kier molecular flexibility index (Phi) is 5.20. The number of piperidine rings is 1. The summed E-state index contributed by atoms with van der Waals surface area (Å²) in [5, 5.41) is 3.42. The van der Waals surface area contributed by atoms with Crippen molar-refractivity contribution in [2.24, 2.45) is 0 Å². The largest absolute Gasteiger partial charge is 0.456 e.